The summed E-state index contributed by atoms with van der Waals surface area (Å²) >= 11 is 0. The molecule has 1 N–H and O–H groups in total. The van der Waals surface area contributed by atoms with Crippen molar-refractivity contribution in [3.8, 4) is 0 Å². The second-order valence-electron chi connectivity index (χ2n) is 9.78. The van der Waals surface area contributed by atoms with Crippen LogP contribution in [0.3, 0.4) is 0 Å². The highest BCUT2D eigenvalue weighted by molar-refractivity contribution is 7.92. The molecule has 2 amide bonds. The minimum absolute atomic E-state index is 0.201. The van der Waals surface area contributed by atoms with Crippen LogP contribution in [0.25, 0.3) is 10.8 Å². The number of sulfonamides is 1. The van der Waals surface area contributed by atoms with E-state index < -0.39 is 28.5 Å². The van der Waals surface area contributed by atoms with Crippen LogP contribution in [0.5, 0.6) is 0 Å². The second-order valence-corrected chi connectivity index (χ2v) is 11.7. The predicted molar refractivity (Wildman–Crippen MR) is 150 cm³/mol. The Labute approximate surface area is 220 Å². The molecule has 1 atom stereocenters. The van der Waals surface area contributed by atoms with Gasteiger partial charge in [0.1, 0.15) is 12.6 Å². The van der Waals surface area contributed by atoms with E-state index in [2.05, 4.69) is 5.32 Å². The summed E-state index contributed by atoms with van der Waals surface area (Å²) in [6.07, 6.45) is 1.50. The van der Waals surface area contributed by atoms with Gasteiger partial charge in [0.15, 0.2) is 0 Å². The Hall–Kier alpha value is -3.39. The van der Waals surface area contributed by atoms with Crippen molar-refractivity contribution >= 4 is 38.3 Å². The predicted octanol–water partition coefficient (Wildman–Crippen LogP) is 4.49. The van der Waals surface area contributed by atoms with Crippen LogP contribution in [-0.2, 0) is 26.2 Å². The van der Waals surface area contributed by atoms with Gasteiger partial charge in [0.2, 0.25) is 21.8 Å². The maximum absolute atomic E-state index is 13.9. The van der Waals surface area contributed by atoms with Gasteiger partial charge in [-0.1, -0.05) is 81.4 Å². The number of fused-ring (bicyclic) bond motifs is 1. The molecule has 37 heavy (non-hydrogen) atoms. The zero-order chi connectivity index (χ0) is 27.2. The lowest BCUT2D eigenvalue weighted by Crippen LogP contribution is -2.52. The fourth-order valence-corrected chi connectivity index (χ4v) is 5.20. The van der Waals surface area contributed by atoms with Gasteiger partial charge in [-0.05, 0) is 41.8 Å². The van der Waals surface area contributed by atoms with Crippen LogP contribution in [0.1, 0.15) is 38.3 Å². The summed E-state index contributed by atoms with van der Waals surface area (Å²) in [6.45, 7) is 8.11. The first-order valence-electron chi connectivity index (χ1n) is 12.6. The summed E-state index contributed by atoms with van der Waals surface area (Å²) in [4.78, 5) is 28.6. The molecule has 0 aliphatic rings. The van der Waals surface area contributed by atoms with Crippen molar-refractivity contribution in [1.82, 2.24) is 10.2 Å². The van der Waals surface area contributed by atoms with Crippen LogP contribution in [0.4, 0.5) is 5.69 Å². The Balaban J connectivity index is 2.02. The quantitative estimate of drug-likeness (QED) is 0.401. The molecule has 0 saturated carbocycles. The van der Waals surface area contributed by atoms with Gasteiger partial charge in [-0.2, -0.15) is 0 Å². The number of hydrogen-bond donors (Lipinski definition) is 1. The number of hydrogen-bond acceptors (Lipinski definition) is 4. The van der Waals surface area contributed by atoms with Gasteiger partial charge in [-0.3, -0.25) is 13.9 Å². The van der Waals surface area contributed by atoms with E-state index in [4.69, 9.17) is 0 Å². The molecule has 0 heterocycles. The molecule has 3 aromatic carbocycles. The molecule has 0 unspecified atom stereocenters. The van der Waals surface area contributed by atoms with Crippen LogP contribution in [0.2, 0.25) is 0 Å². The Morgan fingerprint density at radius 3 is 2.24 bits per heavy atom. The number of amides is 2. The van der Waals surface area contributed by atoms with E-state index in [1.807, 2.05) is 82.3 Å². The Kier molecular flexibility index (Phi) is 9.32. The highest BCUT2D eigenvalue weighted by Crippen LogP contribution is 2.29. The summed E-state index contributed by atoms with van der Waals surface area (Å²) in [5.74, 6) is -0.420. The van der Waals surface area contributed by atoms with Crippen LogP contribution >= 0.6 is 0 Å². The van der Waals surface area contributed by atoms with Gasteiger partial charge in [-0.25, -0.2) is 8.42 Å². The lowest BCUT2D eigenvalue weighted by atomic mass is 10.1. The Morgan fingerprint density at radius 1 is 0.946 bits per heavy atom. The van der Waals surface area contributed by atoms with Crippen molar-refractivity contribution < 1.29 is 18.0 Å². The monoisotopic (exact) mass is 523 g/mol. The van der Waals surface area contributed by atoms with E-state index in [0.717, 1.165) is 32.5 Å². The summed E-state index contributed by atoms with van der Waals surface area (Å²) in [7, 11) is -3.81. The molecule has 0 spiro atoms. The average Bonchev–Trinajstić information content (AvgIpc) is 2.86. The molecule has 0 aromatic heterocycles. The molecule has 8 heteroatoms. The zero-order valence-electron chi connectivity index (χ0n) is 22.3. The minimum Gasteiger partial charge on any atom is -0.354 e. The van der Waals surface area contributed by atoms with E-state index >= 15 is 0 Å². The number of benzene rings is 3. The fraction of sp³-hybridized carbons (Fsp3) is 0.379. The topological polar surface area (TPSA) is 86.8 Å². The smallest absolute Gasteiger partial charge is 0.244 e. The maximum Gasteiger partial charge on any atom is 0.244 e. The minimum atomic E-state index is -3.81. The van der Waals surface area contributed by atoms with Gasteiger partial charge < -0.3 is 10.2 Å². The van der Waals surface area contributed by atoms with Crippen molar-refractivity contribution in [1.29, 1.82) is 0 Å². The van der Waals surface area contributed by atoms with Gasteiger partial charge >= 0.3 is 0 Å². The van der Waals surface area contributed by atoms with Crippen molar-refractivity contribution in [3.05, 3.63) is 77.9 Å². The molecule has 0 aliphatic carbocycles. The molecule has 7 nitrogen and oxygen atoms in total. The molecule has 0 saturated heterocycles. The standard InChI is InChI=1S/C29H37N3O4S/c1-6-26(29(34)30-18-21(2)3)31(19-24-14-8-7-12-22(24)4)28(33)20-32(37(5,35)36)27-17-11-15-23-13-9-10-16-25(23)27/h7-17,21,26H,6,18-20H2,1-5H3,(H,30,34)/t26-/m1/s1. The molecule has 0 aliphatic heterocycles. The lowest BCUT2D eigenvalue weighted by Gasteiger charge is -2.33. The molecule has 0 fully saturated rings. The van der Waals surface area contributed by atoms with Crippen LogP contribution in [-0.4, -0.2) is 50.5 Å². The van der Waals surface area contributed by atoms with Crippen molar-refractivity contribution in [3.63, 3.8) is 0 Å². The van der Waals surface area contributed by atoms with Crippen molar-refractivity contribution in [2.45, 2.75) is 46.7 Å². The summed E-state index contributed by atoms with van der Waals surface area (Å²) in [5.41, 5.74) is 2.33. The number of rotatable bonds is 11. The number of carbonyl (C=O) groups is 2. The Bertz CT molecular complexity index is 1350. The first-order valence-corrected chi connectivity index (χ1v) is 14.4. The number of nitrogens with zero attached hydrogens (tertiary/aromatic N) is 2. The van der Waals surface area contributed by atoms with Gasteiger partial charge in [-0.15, -0.1) is 0 Å². The number of aryl methyl sites for hydroxylation is 1. The van der Waals surface area contributed by atoms with Gasteiger partial charge in [0.25, 0.3) is 0 Å². The first-order chi connectivity index (χ1) is 17.5. The van der Waals surface area contributed by atoms with E-state index in [1.165, 1.54) is 4.90 Å². The molecule has 198 valence electrons. The lowest BCUT2D eigenvalue weighted by molar-refractivity contribution is -0.140. The number of anilines is 1. The molecule has 0 radical (unpaired) electrons. The highest BCUT2D eigenvalue weighted by atomic mass is 32.2. The van der Waals surface area contributed by atoms with E-state index in [-0.39, 0.29) is 18.4 Å². The van der Waals surface area contributed by atoms with Gasteiger partial charge in [0, 0.05) is 18.5 Å². The number of carbonyl (C=O) groups excluding carboxylic acids is 2. The third kappa shape index (κ3) is 7.10. The molecule has 0 bridgehead atoms. The van der Waals surface area contributed by atoms with Gasteiger partial charge in [0.05, 0.1) is 11.9 Å². The SMILES string of the molecule is CC[C@H](C(=O)NCC(C)C)N(Cc1ccccc1C)C(=O)CN(c1cccc2ccccc12)S(C)(=O)=O. The third-order valence-corrected chi connectivity index (χ3v) is 7.51. The van der Waals surface area contributed by atoms with Crippen molar-refractivity contribution in [2.75, 3.05) is 23.7 Å². The highest BCUT2D eigenvalue weighted by Gasteiger charge is 2.32. The number of nitrogens with one attached hydrogen (secondary N) is 1. The second kappa shape index (κ2) is 12.2. The largest absolute Gasteiger partial charge is 0.354 e. The van der Waals surface area contributed by atoms with Crippen molar-refractivity contribution in [2.24, 2.45) is 5.92 Å². The molecule has 3 rings (SSSR count). The summed E-state index contributed by atoms with van der Waals surface area (Å²) in [6, 6.07) is 19.8. The van der Waals surface area contributed by atoms with Crippen LogP contribution in [0.15, 0.2) is 66.7 Å². The van der Waals surface area contributed by atoms with E-state index in [1.54, 1.807) is 12.1 Å². The van der Waals surface area contributed by atoms with E-state index in [0.29, 0.717) is 18.7 Å². The maximum atomic E-state index is 13.9. The Morgan fingerprint density at radius 2 is 1.59 bits per heavy atom. The summed E-state index contributed by atoms with van der Waals surface area (Å²) < 4.78 is 27.1. The first kappa shape index (κ1) is 28.2. The third-order valence-electron chi connectivity index (χ3n) is 6.39. The molecule has 3 aromatic rings. The van der Waals surface area contributed by atoms with E-state index in [9.17, 15) is 18.0 Å². The van der Waals surface area contributed by atoms with Crippen LogP contribution in [0, 0.1) is 12.8 Å². The summed E-state index contributed by atoms with van der Waals surface area (Å²) in [5, 5.41) is 4.55. The molecular formula is C29H37N3O4S. The zero-order valence-corrected chi connectivity index (χ0v) is 23.1. The average molecular weight is 524 g/mol. The normalized spacial score (nSPS) is 12.4. The van der Waals surface area contributed by atoms with Crippen LogP contribution < -0.4 is 9.62 Å². The molecular weight excluding hydrogens is 486 g/mol. The fourth-order valence-electron chi connectivity index (χ4n) is 4.33.